The topological polar surface area (TPSA) is 105 Å². The highest BCUT2D eigenvalue weighted by Gasteiger charge is 2.30. The molecule has 0 aliphatic carbocycles. The van der Waals surface area contributed by atoms with Crippen LogP contribution in [0.15, 0.2) is 30.5 Å². The third kappa shape index (κ3) is 3.15. The number of benzene rings is 1. The quantitative estimate of drug-likeness (QED) is 0.755. The summed E-state index contributed by atoms with van der Waals surface area (Å²) in [7, 11) is -3.01. The van der Waals surface area contributed by atoms with Gasteiger partial charge in [-0.15, -0.1) is 0 Å². The number of rotatable bonds is 4. The van der Waals surface area contributed by atoms with Crippen molar-refractivity contribution in [1.29, 1.82) is 0 Å². The number of aromatic amines is 1. The Balaban J connectivity index is 1.64. The van der Waals surface area contributed by atoms with Gasteiger partial charge in [-0.2, -0.15) is 0 Å². The second-order valence-electron chi connectivity index (χ2n) is 5.78. The molecule has 1 aromatic heterocycles. The fourth-order valence-corrected chi connectivity index (χ4v) is 4.52. The molecule has 0 spiro atoms. The Bertz CT molecular complexity index is 797. The average Bonchev–Trinajstić information content (AvgIpc) is 3.03. The van der Waals surface area contributed by atoms with Crippen molar-refractivity contribution >= 4 is 26.6 Å². The number of hydrogen-bond acceptors (Lipinski definition) is 4. The van der Waals surface area contributed by atoms with Gasteiger partial charge in [0, 0.05) is 23.1 Å². The van der Waals surface area contributed by atoms with Gasteiger partial charge in [-0.1, -0.05) is 18.2 Å². The number of aromatic nitrogens is 1. The van der Waals surface area contributed by atoms with Gasteiger partial charge in [-0.3, -0.25) is 4.79 Å². The SMILES string of the molecule is N[C@@H](Cc1c[nH]c2ccccc12)C(=O)NC1CCS(=O)(=O)C1. The third-order valence-electron chi connectivity index (χ3n) is 4.03. The molecular weight excluding hydrogens is 302 g/mol. The summed E-state index contributed by atoms with van der Waals surface area (Å²) in [6.45, 7) is 0. The Hall–Kier alpha value is -1.86. The second kappa shape index (κ2) is 5.73. The minimum atomic E-state index is -3.01. The lowest BCUT2D eigenvalue weighted by Gasteiger charge is -2.15. The number of nitrogens with one attached hydrogen (secondary N) is 2. The number of carbonyl (C=O) groups is 1. The number of H-pyrrole nitrogens is 1. The van der Waals surface area contributed by atoms with E-state index >= 15 is 0 Å². The molecule has 2 atom stereocenters. The van der Waals surface area contributed by atoms with E-state index < -0.39 is 15.9 Å². The van der Waals surface area contributed by atoms with E-state index in [2.05, 4.69) is 10.3 Å². The van der Waals surface area contributed by atoms with Crippen LogP contribution in [0.25, 0.3) is 10.9 Å². The maximum atomic E-state index is 12.1. The number of nitrogens with two attached hydrogens (primary N) is 1. The van der Waals surface area contributed by atoms with Crippen molar-refractivity contribution < 1.29 is 13.2 Å². The predicted molar refractivity (Wildman–Crippen MR) is 85.2 cm³/mol. The van der Waals surface area contributed by atoms with E-state index in [4.69, 9.17) is 5.73 Å². The van der Waals surface area contributed by atoms with Gasteiger partial charge in [0.15, 0.2) is 9.84 Å². The molecule has 118 valence electrons. The summed E-state index contributed by atoms with van der Waals surface area (Å²) in [6, 6.07) is 6.82. The van der Waals surface area contributed by atoms with Crippen LogP contribution < -0.4 is 11.1 Å². The van der Waals surface area contributed by atoms with Crippen molar-refractivity contribution in [3.8, 4) is 0 Å². The Morgan fingerprint density at radius 1 is 1.41 bits per heavy atom. The molecule has 0 saturated carbocycles. The van der Waals surface area contributed by atoms with Gasteiger partial charge in [-0.25, -0.2) is 8.42 Å². The van der Waals surface area contributed by atoms with Crippen molar-refractivity contribution in [1.82, 2.24) is 10.3 Å². The normalized spacial score (nSPS) is 21.8. The number of sulfone groups is 1. The first-order valence-corrected chi connectivity index (χ1v) is 9.08. The highest BCUT2D eigenvalue weighted by atomic mass is 32.2. The van der Waals surface area contributed by atoms with Crippen molar-refractivity contribution in [3.63, 3.8) is 0 Å². The number of para-hydroxylation sites is 1. The van der Waals surface area contributed by atoms with Crippen LogP contribution in [0, 0.1) is 0 Å². The van der Waals surface area contributed by atoms with Gasteiger partial charge in [0.25, 0.3) is 0 Å². The Labute approximate surface area is 129 Å². The van der Waals surface area contributed by atoms with Crippen molar-refractivity contribution in [3.05, 3.63) is 36.0 Å². The molecule has 1 aliphatic heterocycles. The second-order valence-corrected chi connectivity index (χ2v) is 8.01. The van der Waals surface area contributed by atoms with Crippen LogP contribution in [0.5, 0.6) is 0 Å². The van der Waals surface area contributed by atoms with Gasteiger partial charge in [-0.05, 0) is 24.5 Å². The standard InChI is InChI=1S/C15H19N3O3S/c16-13(15(19)18-11-5-6-22(20,21)9-11)7-10-8-17-14-4-2-1-3-12(10)14/h1-4,8,11,13,17H,5-7,9,16H2,(H,18,19)/t11?,13-/m0/s1. The summed E-state index contributed by atoms with van der Waals surface area (Å²) in [4.78, 5) is 15.3. The highest BCUT2D eigenvalue weighted by Crippen LogP contribution is 2.19. The molecule has 1 fully saturated rings. The molecule has 7 heteroatoms. The van der Waals surface area contributed by atoms with Gasteiger partial charge in [0.05, 0.1) is 17.5 Å². The molecule has 4 N–H and O–H groups in total. The summed E-state index contributed by atoms with van der Waals surface area (Å²) < 4.78 is 22.8. The first-order valence-electron chi connectivity index (χ1n) is 7.26. The third-order valence-corrected chi connectivity index (χ3v) is 5.80. The number of amides is 1. The van der Waals surface area contributed by atoms with Crippen LogP contribution in [0.1, 0.15) is 12.0 Å². The van der Waals surface area contributed by atoms with Crippen LogP contribution in [0.3, 0.4) is 0 Å². The first kappa shape index (κ1) is 15.1. The van der Waals surface area contributed by atoms with Gasteiger partial charge < -0.3 is 16.0 Å². The van der Waals surface area contributed by atoms with Crippen molar-refractivity contribution in [2.24, 2.45) is 5.73 Å². The van der Waals surface area contributed by atoms with Crippen LogP contribution >= 0.6 is 0 Å². The Kier molecular flexibility index (Phi) is 3.92. The summed E-state index contributed by atoms with van der Waals surface area (Å²) in [6.07, 6.45) is 2.74. The van der Waals surface area contributed by atoms with E-state index in [9.17, 15) is 13.2 Å². The predicted octanol–water partition coefficient (Wildman–Crippen LogP) is 0.341. The van der Waals surface area contributed by atoms with E-state index in [-0.39, 0.29) is 23.5 Å². The smallest absolute Gasteiger partial charge is 0.237 e. The molecule has 22 heavy (non-hydrogen) atoms. The fraction of sp³-hybridized carbons (Fsp3) is 0.400. The average molecular weight is 321 g/mol. The molecule has 1 saturated heterocycles. The van der Waals surface area contributed by atoms with E-state index in [1.165, 1.54) is 0 Å². The zero-order valence-electron chi connectivity index (χ0n) is 12.1. The largest absolute Gasteiger partial charge is 0.361 e. The molecular formula is C15H19N3O3S. The Morgan fingerprint density at radius 2 is 2.18 bits per heavy atom. The van der Waals surface area contributed by atoms with Crippen LogP contribution in [-0.2, 0) is 21.1 Å². The van der Waals surface area contributed by atoms with E-state index in [0.29, 0.717) is 12.8 Å². The fourth-order valence-electron chi connectivity index (χ4n) is 2.85. The molecule has 6 nitrogen and oxygen atoms in total. The molecule has 2 heterocycles. The maximum absolute atomic E-state index is 12.1. The molecule has 3 rings (SSSR count). The molecule has 0 radical (unpaired) electrons. The van der Waals surface area contributed by atoms with Gasteiger partial charge in [0.1, 0.15) is 0 Å². The lowest BCUT2D eigenvalue weighted by atomic mass is 10.0. The minimum Gasteiger partial charge on any atom is -0.361 e. The number of hydrogen-bond donors (Lipinski definition) is 3. The van der Waals surface area contributed by atoms with Crippen molar-refractivity contribution in [2.45, 2.75) is 24.9 Å². The van der Waals surface area contributed by atoms with Crippen LogP contribution in [0.2, 0.25) is 0 Å². The first-order chi connectivity index (χ1) is 10.4. The summed E-state index contributed by atoms with van der Waals surface area (Å²) in [5, 5.41) is 3.79. The number of fused-ring (bicyclic) bond motifs is 1. The lowest BCUT2D eigenvalue weighted by Crippen LogP contribution is -2.46. The maximum Gasteiger partial charge on any atom is 0.237 e. The van der Waals surface area contributed by atoms with Crippen molar-refractivity contribution in [2.75, 3.05) is 11.5 Å². The zero-order chi connectivity index (χ0) is 15.7. The van der Waals surface area contributed by atoms with E-state index in [1.54, 1.807) is 0 Å². The van der Waals surface area contributed by atoms with E-state index in [0.717, 1.165) is 16.5 Å². The summed E-state index contributed by atoms with van der Waals surface area (Å²) in [5.41, 5.74) is 7.96. The summed E-state index contributed by atoms with van der Waals surface area (Å²) >= 11 is 0. The minimum absolute atomic E-state index is 0.0124. The number of carbonyl (C=O) groups excluding carboxylic acids is 1. The molecule has 1 unspecified atom stereocenters. The van der Waals surface area contributed by atoms with Gasteiger partial charge >= 0.3 is 0 Å². The van der Waals surface area contributed by atoms with Gasteiger partial charge in [0.2, 0.25) is 5.91 Å². The van der Waals surface area contributed by atoms with Crippen LogP contribution in [0.4, 0.5) is 0 Å². The highest BCUT2D eigenvalue weighted by molar-refractivity contribution is 7.91. The molecule has 1 amide bonds. The zero-order valence-corrected chi connectivity index (χ0v) is 12.9. The molecule has 1 aliphatic rings. The Morgan fingerprint density at radius 3 is 2.91 bits per heavy atom. The lowest BCUT2D eigenvalue weighted by molar-refractivity contribution is -0.122. The molecule has 2 aromatic rings. The monoisotopic (exact) mass is 321 g/mol. The van der Waals surface area contributed by atoms with Crippen LogP contribution in [-0.4, -0.2) is 42.9 Å². The van der Waals surface area contributed by atoms with E-state index in [1.807, 2.05) is 30.5 Å². The molecule has 1 aromatic carbocycles. The summed E-state index contributed by atoms with van der Waals surface area (Å²) in [5.74, 6) is -0.152. The molecule has 0 bridgehead atoms.